The summed E-state index contributed by atoms with van der Waals surface area (Å²) in [7, 11) is 0.515. The molecule has 0 amide bonds. The second-order valence-corrected chi connectivity index (χ2v) is 5.76. The fourth-order valence-corrected chi connectivity index (χ4v) is 2.88. The van der Waals surface area contributed by atoms with E-state index < -0.39 is 9.36 Å². The highest BCUT2D eigenvalue weighted by molar-refractivity contribution is 6.46. The average molecular weight is 219 g/mol. The van der Waals surface area contributed by atoms with Gasteiger partial charge in [-0.1, -0.05) is 27.7 Å². The van der Waals surface area contributed by atoms with Crippen LogP contribution in [0, 0.1) is 0 Å². The third-order valence-electron chi connectivity index (χ3n) is 1.61. The van der Waals surface area contributed by atoms with Crippen LogP contribution >= 0.6 is 0 Å². The first-order valence-electron chi connectivity index (χ1n) is 5.34. The molecule has 0 aliphatic carbocycles. The fraction of sp³-hybridized carbons (Fsp3) is 1.00. The zero-order valence-electron chi connectivity index (χ0n) is 10.1. The normalized spacial score (nSPS) is 12.0. The van der Waals surface area contributed by atoms with E-state index in [2.05, 4.69) is 43.0 Å². The SMILES string of the molecule is CNCCO[SiH](NC(C)C)NC(C)C. The summed E-state index contributed by atoms with van der Waals surface area (Å²) in [6, 6.07) is 0.958. The van der Waals surface area contributed by atoms with Crippen molar-refractivity contribution >= 4 is 9.36 Å². The molecular weight excluding hydrogens is 194 g/mol. The quantitative estimate of drug-likeness (QED) is 0.395. The Bertz CT molecular complexity index is 123. The molecule has 0 bridgehead atoms. The number of likely N-dealkylation sites (N-methyl/N-ethyl adjacent to an activating group) is 1. The van der Waals surface area contributed by atoms with Gasteiger partial charge in [0.1, 0.15) is 0 Å². The minimum atomic E-state index is -1.42. The standard InChI is InChI=1S/C9H25N3OSi/c1-8(2)11-14(12-9(3)4)13-7-6-10-5/h8-12,14H,6-7H2,1-5H3. The summed E-state index contributed by atoms with van der Waals surface area (Å²) in [6.45, 7) is 10.2. The van der Waals surface area contributed by atoms with Crippen LogP contribution in [0.4, 0.5) is 0 Å². The Hall–Kier alpha value is 0.0569. The van der Waals surface area contributed by atoms with Gasteiger partial charge in [-0.05, 0) is 19.1 Å². The summed E-state index contributed by atoms with van der Waals surface area (Å²) >= 11 is 0. The van der Waals surface area contributed by atoms with Gasteiger partial charge >= 0.3 is 9.36 Å². The predicted octanol–water partition coefficient (Wildman–Crippen LogP) is -0.0644. The molecule has 0 fully saturated rings. The summed E-state index contributed by atoms with van der Waals surface area (Å²) in [5.74, 6) is 0. The molecule has 0 saturated heterocycles. The zero-order valence-corrected chi connectivity index (χ0v) is 11.2. The van der Waals surface area contributed by atoms with Gasteiger partial charge in [-0.3, -0.25) is 0 Å². The van der Waals surface area contributed by atoms with Crippen molar-refractivity contribution in [2.75, 3.05) is 20.2 Å². The van der Waals surface area contributed by atoms with E-state index in [0.29, 0.717) is 12.1 Å². The van der Waals surface area contributed by atoms with Crippen LogP contribution in [0.25, 0.3) is 0 Å². The molecule has 0 rings (SSSR count). The Morgan fingerprint density at radius 2 is 1.57 bits per heavy atom. The lowest BCUT2D eigenvalue weighted by Crippen LogP contribution is -2.55. The van der Waals surface area contributed by atoms with Crippen LogP contribution in [-0.4, -0.2) is 41.6 Å². The van der Waals surface area contributed by atoms with Gasteiger partial charge in [-0.15, -0.1) is 0 Å². The van der Waals surface area contributed by atoms with Crippen molar-refractivity contribution in [2.45, 2.75) is 39.8 Å². The lowest BCUT2D eigenvalue weighted by molar-refractivity contribution is 0.297. The van der Waals surface area contributed by atoms with Crippen molar-refractivity contribution in [1.82, 2.24) is 15.3 Å². The van der Waals surface area contributed by atoms with Gasteiger partial charge in [0.15, 0.2) is 0 Å². The molecule has 0 aliphatic rings. The van der Waals surface area contributed by atoms with Gasteiger partial charge in [0.05, 0.1) is 0 Å². The molecule has 0 unspecified atom stereocenters. The first kappa shape index (κ1) is 14.1. The highest BCUT2D eigenvalue weighted by atomic mass is 28.3. The second kappa shape index (κ2) is 8.37. The number of rotatable bonds is 8. The van der Waals surface area contributed by atoms with Crippen LogP contribution in [0.1, 0.15) is 27.7 Å². The first-order chi connectivity index (χ1) is 6.56. The van der Waals surface area contributed by atoms with E-state index in [1.165, 1.54) is 0 Å². The van der Waals surface area contributed by atoms with Crippen molar-refractivity contribution in [3.05, 3.63) is 0 Å². The topological polar surface area (TPSA) is 45.3 Å². The number of hydrogen-bond donors (Lipinski definition) is 3. The molecule has 0 aromatic rings. The number of nitrogens with one attached hydrogen (secondary N) is 3. The monoisotopic (exact) mass is 219 g/mol. The second-order valence-electron chi connectivity index (χ2n) is 4.00. The lowest BCUT2D eigenvalue weighted by Gasteiger charge is -2.22. The van der Waals surface area contributed by atoms with Crippen LogP contribution in [0.3, 0.4) is 0 Å². The van der Waals surface area contributed by atoms with Gasteiger partial charge in [0.25, 0.3) is 0 Å². The largest absolute Gasteiger partial charge is 0.393 e. The van der Waals surface area contributed by atoms with Crippen LogP contribution in [0.15, 0.2) is 0 Å². The van der Waals surface area contributed by atoms with Crippen LogP contribution < -0.4 is 15.3 Å². The van der Waals surface area contributed by atoms with E-state index in [9.17, 15) is 0 Å². The summed E-state index contributed by atoms with van der Waals surface area (Å²) in [6.07, 6.45) is 0. The highest BCUT2D eigenvalue weighted by Gasteiger charge is 2.13. The highest BCUT2D eigenvalue weighted by Crippen LogP contribution is 1.86. The van der Waals surface area contributed by atoms with E-state index in [1.807, 2.05) is 7.05 Å². The van der Waals surface area contributed by atoms with Gasteiger partial charge in [-0.2, -0.15) is 0 Å². The third kappa shape index (κ3) is 8.65. The maximum atomic E-state index is 5.76. The molecule has 14 heavy (non-hydrogen) atoms. The predicted molar refractivity (Wildman–Crippen MR) is 63.6 cm³/mol. The van der Waals surface area contributed by atoms with E-state index in [-0.39, 0.29) is 0 Å². The zero-order chi connectivity index (χ0) is 11.0. The van der Waals surface area contributed by atoms with Crippen LogP contribution in [0.2, 0.25) is 0 Å². The Kier molecular flexibility index (Phi) is 8.41. The van der Waals surface area contributed by atoms with Crippen molar-refractivity contribution in [2.24, 2.45) is 0 Å². The molecule has 0 saturated carbocycles. The Labute approximate surface area is 89.7 Å². The molecule has 4 nitrogen and oxygen atoms in total. The number of hydrogen-bond acceptors (Lipinski definition) is 4. The molecular formula is C9H25N3OSi. The minimum Gasteiger partial charge on any atom is -0.393 e. The summed E-state index contributed by atoms with van der Waals surface area (Å²) in [4.78, 5) is 6.90. The fourth-order valence-electron chi connectivity index (χ4n) is 1.03. The average Bonchev–Trinajstić information content (AvgIpc) is 2.02. The van der Waals surface area contributed by atoms with Crippen LogP contribution in [0.5, 0.6) is 0 Å². The van der Waals surface area contributed by atoms with E-state index in [0.717, 1.165) is 13.2 Å². The van der Waals surface area contributed by atoms with Crippen molar-refractivity contribution < 1.29 is 4.43 Å². The maximum Gasteiger partial charge on any atom is 0.335 e. The van der Waals surface area contributed by atoms with E-state index >= 15 is 0 Å². The molecule has 3 N–H and O–H groups in total. The Morgan fingerprint density at radius 1 is 1.07 bits per heavy atom. The van der Waals surface area contributed by atoms with Crippen molar-refractivity contribution in [1.29, 1.82) is 0 Å². The van der Waals surface area contributed by atoms with Crippen molar-refractivity contribution in [3.8, 4) is 0 Å². The smallest absolute Gasteiger partial charge is 0.335 e. The third-order valence-corrected chi connectivity index (χ3v) is 4.11. The molecule has 0 aromatic carbocycles. The van der Waals surface area contributed by atoms with Crippen molar-refractivity contribution in [3.63, 3.8) is 0 Å². The van der Waals surface area contributed by atoms with Gasteiger partial charge < -0.3 is 19.7 Å². The lowest BCUT2D eigenvalue weighted by atomic mass is 10.4. The Morgan fingerprint density at radius 3 is 1.93 bits per heavy atom. The summed E-state index contributed by atoms with van der Waals surface area (Å²) < 4.78 is 5.76. The Balaban J connectivity index is 3.72. The molecule has 86 valence electrons. The first-order valence-corrected chi connectivity index (χ1v) is 6.97. The van der Waals surface area contributed by atoms with E-state index in [1.54, 1.807) is 0 Å². The maximum absolute atomic E-state index is 5.76. The molecule has 0 aromatic heterocycles. The summed E-state index contributed by atoms with van der Waals surface area (Å²) in [5.41, 5.74) is 0. The van der Waals surface area contributed by atoms with Gasteiger partial charge in [0.2, 0.25) is 0 Å². The minimum absolute atomic E-state index is 0.479. The molecule has 0 aliphatic heterocycles. The van der Waals surface area contributed by atoms with Crippen LogP contribution in [-0.2, 0) is 4.43 Å². The van der Waals surface area contributed by atoms with Gasteiger partial charge in [-0.25, -0.2) is 0 Å². The molecule has 0 heterocycles. The van der Waals surface area contributed by atoms with Gasteiger partial charge in [0, 0.05) is 13.2 Å². The van der Waals surface area contributed by atoms with E-state index in [4.69, 9.17) is 4.43 Å². The summed E-state index contributed by atoms with van der Waals surface area (Å²) in [5, 5.41) is 3.07. The molecule has 5 heteroatoms. The molecule has 0 radical (unpaired) electrons. The molecule has 0 spiro atoms. The molecule has 0 atom stereocenters.